The van der Waals surface area contributed by atoms with Crippen LogP contribution in [0.5, 0.6) is 0 Å². The summed E-state index contributed by atoms with van der Waals surface area (Å²) in [7, 11) is -1.60. The Labute approximate surface area is 129 Å². The number of hydrogen-bond donors (Lipinski definition) is 0. The van der Waals surface area contributed by atoms with Gasteiger partial charge in [0, 0.05) is 17.2 Å². The molecular weight excluding hydrogens is 258 g/mol. The first-order chi connectivity index (χ1) is 10.8. The maximum absolute atomic E-state index is 8.49. The predicted molar refractivity (Wildman–Crippen MR) is 91.5 cm³/mol. The average Bonchev–Trinajstić information content (AvgIpc) is 2.44. The van der Waals surface area contributed by atoms with E-state index in [-0.39, 0.29) is 0 Å². The molecule has 2 aromatic rings. The third-order valence-corrected chi connectivity index (χ3v) is 5.45. The van der Waals surface area contributed by atoms with E-state index in [4.69, 9.17) is 5.48 Å². The Morgan fingerprint density at radius 3 is 2.30 bits per heavy atom. The summed E-state index contributed by atoms with van der Waals surface area (Å²) in [6, 6.07) is 8.83. The van der Waals surface area contributed by atoms with Crippen LogP contribution in [0.1, 0.15) is 36.4 Å². The Balaban J connectivity index is 2.53. The highest BCUT2D eigenvalue weighted by Gasteiger charge is 2.22. The Morgan fingerprint density at radius 2 is 1.80 bits per heavy atom. The van der Waals surface area contributed by atoms with Crippen LogP contribution < -0.4 is 5.19 Å². The second kappa shape index (κ2) is 5.53. The van der Waals surface area contributed by atoms with Crippen molar-refractivity contribution < 1.29 is 5.48 Å². The largest absolute Gasteiger partial charge is 0.256 e. The molecule has 0 atom stereocenters. The first-order valence-electron chi connectivity index (χ1n) is 8.92. The van der Waals surface area contributed by atoms with Gasteiger partial charge in [-0.15, -0.1) is 0 Å². The van der Waals surface area contributed by atoms with Gasteiger partial charge in [-0.25, -0.2) is 0 Å². The highest BCUT2D eigenvalue weighted by atomic mass is 28.3. The maximum atomic E-state index is 8.49. The van der Waals surface area contributed by atoms with Crippen LogP contribution in [0.25, 0.3) is 11.3 Å². The molecule has 0 radical (unpaired) electrons. The normalized spacial score (nSPS) is 16.1. The van der Waals surface area contributed by atoms with Crippen molar-refractivity contribution >= 4 is 13.3 Å². The Bertz CT molecular complexity index is 723. The lowest BCUT2D eigenvalue weighted by molar-refractivity contribution is 0.870. The molecule has 1 nitrogen and oxygen atoms in total. The number of hydrogen-bond acceptors (Lipinski definition) is 1. The number of aromatic nitrogens is 1. The fourth-order valence-corrected chi connectivity index (χ4v) is 3.85. The molecule has 2 heteroatoms. The van der Waals surface area contributed by atoms with Crippen LogP contribution in [0.15, 0.2) is 36.5 Å². The van der Waals surface area contributed by atoms with E-state index < -0.39 is 20.8 Å². The summed E-state index contributed by atoms with van der Waals surface area (Å²) in [5.74, 6) is -0.702. The monoisotopic (exact) mass is 287 g/mol. The van der Waals surface area contributed by atoms with Crippen molar-refractivity contribution in [2.24, 2.45) is 0 Å². The van der Waals surface area contributed by atoms with Gasteiger partial charge in [-0.05, 0) is 29.6 Å². The van der Waals surface area contributed by atoms with Crippen LogP contribution in [0, 0.1) is 6.85 Å². The summed E-state index contributed by atoms with van der Waals surface area (Å²) in [6.45, 7) is 8.46. The molecule has 0 aliphatic rings. The van der Waals surface area contributed by atoms with Gasteiger partial charge in [0.25, 0.3) is 0 Å². The smallest absolute Gasteiger partial charge is 0.0799 e. The van der Waals surface area contributed by atoms with Crippen molar-refractivity contribution in [3.05, 3.63) is 47.7 Å². The van der Waals surface area contributed by atoms with E-state index in [0.29, 0.717) is 5.56 Å². The van der Waals surface area contributed by atoms with Crippen molar-refractivity contribution in [2.75, 3.05) is 0 Å². The zero-order valence-electron chi connectivity index (χ0n) is 16.9. The van der Waals surface area contributed by atoms with Crippen LogP contribution >= 0.6 is 0 Å². The van der Waals surface area contributed by atoms with Crippen molar-refractivity contribution in [3.63, 3.8) is 0 Å². The van der Waals surface area contributed by atoms with Gasteiger partial charge < -0.3 is 0 Å². The van der Waals surface area contributed by atoms with E-state index in [9.17, 15) is 0 Å². The number of rotatable bonds is 3. The zero-order chi connectivity index (χ0) is 18.3. The fourth-order valence-electron chi connectivity index (χ4n) is 2.27. The average molecular weight is 288 g/mol. The van der Waals surface area contributed by atoms with Gasteiger partial charge in [0.05, 0.1) is 13.8 Å². The summed E-state index contributed by atoms with van der Waals surface area (Å²) in [4.78, 5) is 4.59. The van der Waals surface area contributed by atoms with E-state index in [0.717, 1.165) is 16.8 Å². The Hall–Kier alpha value is -1.41. The van der Waals surface area contributed by atoms with Crippen molar-refractivity contribution in [1.29, 1.82) is 0 Å². The second-order valence-electron chi connectivity index (χ2n) is 6.44. The molecular formula is C18H25NSi. The Morgan fingerprint density at radius 1 is 1.15 bits per heavy atom. The third-order valence-electron chi connectivity index (χ3n) is 3.43. The zero-order valence-corrected chi connectivity index (χ0v) is 13.9. The summed E-state index contributed by atoms with van der Waals surface area (Å²) in [6.07, 6.45) is 1.91. The molecule has 106 valence electrons. The number of benzene rings is 1. The molecule has 20 heavy (non-hydrogen) atoms. The van der Waals surface area contributed by atoms with E-state index in [1.54, 1.807) is 24.3 Å². The van der Waals surface area contributed by atoms with Crippen molar-refractivity contribution in [1.82, 2.24) is 4.98 Å². The fraction of sp³-hybridized carbons (Fsp3) is 0.389. The molecule has 0 saturated heterocycles. The lowest BCUT2D eigenvalue weighted by Gasteiger charge is -2.23. The summed E-state index contributed by atoms with van der Waals surface area (Å²) in [5.41, 5.74) is 2.98. The van der Waals surface area contributed by atoms with E-state index >= 15 is 0 Å². The lowest BCUT2D eigenvalue weighted by Crippen LogP contribution is -2.40. The molecule has 0 fully saturated rings. The van der Waals surface area contributed by atoms with Crippen LogP contribution in [-0.2, 0) is 0 Å². The van der Waals surface area contributed by atoms with E-state index in [1.807, 2.05) is 26.1 Å². The van der Waals surface area contributed by atoms with Crippen molar-refractivity contribution in [2.45, 2.75) is 46.2 Å². The van der Waals surface area contributed by atoms with Crippen LogP contribution in [-0.4, -0.2) is 13.1 Å². The standard InChI is InChI=1S/C18H25NSi/c1-13(2)16-11-17(15-9-7-14(3)8-10-15)19-12-18(16)20(4,5)6/h7-13H,1-6H3/i3D3,13D. The molecule has 0 N–H and O–H groups in total. The molecule has 0 aliphatic carbocycles. The van der Waals surface area contributed by atoms with E-state index in [2.05, 4.69) is 24.6 Å². The summed E-state index contributed by atoms with van der Waals surface area (Å²) >= 11 is 0. The van der Waals surface area contributed by atoms with Gasteiger partial charge in [-0.1, -0.05) is 63.3 Å². The van der Waals surface area contributed by atoms with Crippen LogP contribution in [0.3, 0.4) is 0 Å². The minimum Gasteiger partial charge on any atom is -0.256 e. The molecule has 0 saturated carbocycles. The number of aryl methyl sites for hydroxylation is 1. The molecule has 2 rings (SSSR count). The molecule has 0 aliphatic heterocycles. The molecule has 1 aromatic carbocycles. The van der Waals surface area contributed by atoms with Gasteiger partial charge >= 0.3 is 0 Å². The summed E-state index contributed by atoms with van der Waals surface area (Å²) in [5, 5.41) is 1.20. The number of pyridine rings is 1. The van der Waals surface area contributed by atoms with Gasteiger partial charge in [0.2, 0.25) is 0 Å². The topological polar surface area (TPSA) is 12.9 Å². The molecule has 1 aromatic heterocycles. The van der Waals surface area contributed by atoms with Crippen LogP contribution in [0.4, 0.5) is 0 Å². The lowest BCUT2D eigenvalue weighted by atomic mass is 10.0. The highest BCUT2D eigenvalue weighted by Crippen LogP contribution is 2.23. The van der Waals surface area contributed by atoms with Gasteiger partial charge in [0.1, 0.15) is 0 Å². The molecule has 0 spiro atoms. The third kappa shape index (κ3) is 3.18. The number of nitrogens with zero attached hydrogens (tertiary/aromatic N) is 1. The predicted octanol–water partition coefficient (Wildman–Crippen LogP) is 4.73. The highest BCUT2D eigenvalue weighted by molar-refractivity contribution is 6.89. The molecule has 0 unspecified atom stereocenters. The Kier molecular flexibility index (Phi) is 2.86. The summed E-state index contributed by atoms with van der Waals surface area (Å²) < 4.78 is 30.9. The van der Waals surface area contributed by atoms with Crippen LogP contribution in [0.2, 0.25) is 19.6 Å². The van der Waals surface area contributed by atoms with Crippen molar-refractivity contribution in [3.8, 4) is 11.3 Å². The maximum Gasteiger partial charge on any atom is 0.0799 e. The van der Waals surface area contributed by atoms with Gasteiger partial charge in [0.15, 0.2) is 0 Å². The quantitative estimate of drug-likeness (QED) is 0.744. The minimum absolute atomic E-state index is 0.325. The molecule has 1 heterocycles. The molecule has 0 amide bonds. The second-order valence-corrected chi connectivity index (χ2v) is 11.5. The first-order valence-corrected chi connectivity index (χ1v) is 10.4. The van der Waals surface area contributed by atoms with Gasteiger partial charge in [-0.3, -0.25) is 4.98 Å². The first kappa shape index (κ1) is 10.3. The molecule has 0 bridgehead atoms. The van der Waals surface area contributed by atoms with E-state index in [1.165, 1.54) is 5.19 Å². The SMILES string of the molecule is [2H]C([2H])([2H])c1ccc(-c2cc(C([2H])(C)C)c([Si](C)(C)C)cn2)cc1. The van der Waals surface area contributed by atoms with Gasteiger partial charge in [-0.2, -0.15) is 0 Å². The minimum atomic E-state index is -2.10.